The number of nitrogens with zero attached hydrogens (tertiary/aromatic N) is 3. The molecule has 2 aromatic rings. The Kier molecular flexibility index (Phi) is 9.34. The van der Waals surface area contributed by atoms with Crippen molar-refractivity contribution < 1.29 is 23.9 Å². The molecule has 38 heavy (non-hydrogen) atoms. The fraction of sp³-hybridized carbons (Fsp3) is 0.633. The summed E-state index contributed by atoms with van der Waals surface area (Å²) in [6.45, 7) is 8.79. The van der Waals surface area contributed by atoms with Crippen molar-refractivity contribution in [1.82, 2.24) is 10.00 Å². The first-order valence-corrected chi connectivity index (χ1v) is 14.3. The van der Waals surface area contributed by atoms with E-state index in [0.717, 1.165) is 47.4 Å². The molecule has 0 unspecified atom stereocenters. The SMILES string of the molecule is CCCCc1c(-c2ccc(OC3CCCCC3)cc2)cc(OC2CCN(C(=O)OC(C)(C)C)CC2)n[n+]1[O-]. The predicted octanol–water partition coefficient (Wildman–Crippen LogP) is 6.21. The number of amides is 1. The third-order valence-corrected chi connectivity index (χ3v) is 7.17. The van der Waals surface area contributed by atoms with Crippen molar-refractivity contribution in [2.75, 3.05) is 13.1 Å². The van der Waals surface area contributed by atoms with Crippen LogP contribution >= 0.6 is 0 Å². The van der Waals surface area contributed by atoms with Gasteiger partial charge in [0.15, 0.2) is 0 Å². The molecule has 1 aromatic carbocycles. The van der Waals surface area contributed by atoms with E-state index in [9.17, 15) is 10.0 Å². The van der Waals surface area contributed by atoms with Crippen LogP contribution in [0.1, 0.15) is 91.2 Å². The van der Waals surface area contributed by atoms with Gasteiger partial charge in [-0.2, -0.15) is 0 Å². The molecule has 208 valence electrons. The largest absolute Gasteiger partial charge is 0.594 e. The molecule has 0 N–H and O–H groups in total. The molecule has 2 fully saturated rings. The van der Waals surface area contributed by atoms with Gasteiger partial charge in [-0.3, -0.25) is 0 Å². The molecule has 0 radical (unpaired) electrons. The van der Waals surface area contributed by atoms with Gasteiger partial charge < -0.3 is 24.3 Å². The van der Waals surface area contributed by atoms with E-state index in [1.54, 1.807) is 4.90 Å². The van der Waals surface area contributed by atoms with Crippen LogP contribution in [0, 0.1) is 5.21 Å². The van der Waals surface area contributed by atoms with Gasteiger partial charge in [-0.15, -0.1) is 0 Å². The minimum Gasteiger partial charge on any atom is -0.594 e. The van der Waals surface area contributed by atoms with E-state index in [4.69, 9.17) is 14.2 Å². The molecule has 0 spiro atoms. The summed E-state index contributed by atoms with van der Waals surface area (Å²) in [5.74, 6) is 1.18. The van der Waals surface area contributed by atoms with E-state index in [2.05, 4.69) is 12.0 Å². The molecule has 1 aromatic heterocycles. The minimum absolute atomic E-state index is 0.123. The summed E-state index contributed by atoms with van der Waals surface area (Å²) in [4.78, 5) is 14.8. The van der Waals surface area contributed by atoms with Gasteiger partial charge in [0.25, 0.3) is 5.88 Å². The lowest BCUT2D eigenvalue weighted by Gasteiger charge is -2.33. The van der Waals surface area contributed by atoms with Gasteiger partial charge >= 0.3 is 6.09 Å². The highest BCUT2D eigenvalue weighted by Gasteiger charge is 2.29. The lowest BCUT2D eigenvalue weighted by molar-refractivity contribution is -0.677. The molecule has 4 rings (SSSR count). The van der Waals surface area contributed by atoms with Crippen molar-refractivity contribution in [1.29, 1.82) is 0 Å². The van der Waals surface area contributed by atoms with E-state index in [0.29, 0.717) is 50.0 Å². The van der Waals surface area contributed by atoms with Crippen molar-refractivity contribution in [2.24, 2.45) is 0 Å². The van der Waals surface area contributed by atoms with Gasteiger partial charge in [-0.25, -0.2) is 4.79 Å². The first-order chi connectivity index (χ1) is 18.2. The number of carbonyl (C=O) groups excluding carboxylic acids is 1. The number of likely N-dealkylation sites (tertiary alicyclic amines) is 1. The second kappa shape index (κ2) is 12.7. The Bertz CT molecular complexity index is 1050. The van der Waals surface area contributed by atoms with Crippen molar-refractivity contribution in [3.8, 4) is 22.8 Å². The fourth-order valence-electron chi connectivity index (χ4n) is 5.11. The highest BCUT2D eigenvalue weighted by Crippen LogP contribution is 2.30. The quantitative estimate of drug-likeness (QED) is 0.301. The van der Waals surface area contributed by atoms with Gasteiger partial charge in [0, 0.05) is 38.4 Å². The molecule has 1 amide bonds. The van der Waals surface area contributed by atoms with Gasteiger partial charge in [-0.05, 0) is 70.6 Å². The monoisotopic (exact) mass is 525 g/mol. The number of ether oxygens (including phenoxy) is 3. The Balaban J connectivity index is 1.46. The summed E-state index contributed by atoms with van der Waals surface area (Å²) in [6.07, 6.45) is 9.70. The number of benzene rings is 1. The second-order valence-corrected chi connectivity index (χ2v) is 11.5. The molecular formula is C30H43N3O5. The molecule has 1 aliphatic heterocycles. The minimum atomic E-state index is -0.522. The number of hydrogen-bond acceptors (Lipinski definition) is 6. The van der Waals surface area contributed by atoms with Gasteiger partial charge in [0.05, 0.1) is 16.8 Å². The topological polar surface area (TPSA) is 87.8 Å². The zero-order valence-corrected chi connectivity index (χ0v) is 23.4. The maximum atomic E-state index is 13.0. The molecule has 0 atom stereocenters. The lowest BCUT2D eigenvalue weighted by Crippen LogP contribution is -2.44. The van der Waals surface area contributed by atoms with Crippen LogP contribution in [-0.4, -0.2) is 47.0 Å². The standard InChI is InChI=1S/C30H43N3O5/c1-5-6-12-27-26(22-13-15-24(16-14-22)36-23-10-8-7-9-11-23)21-28(31-33(27)35)37-25-17-19-32(20-18-25)29(34)38-30(2,3)4/h13-16,21,23,25H,5-12,17-20H2,1-4H3. The van der Waals surface area contributed by atoms with E-state index in [1.165, 1.54) is 19.3 Å². The number of piperidine rings is 1. The summed E-state index contributed by atoms with van der Waals surface area (Å²) >= 11 is 0. The number of aromatic nitrogens is 2. The molecule has 2 heterocycles. The summed E-state index contributed by atoms with van der Waals surface area (Å²) in [6, 6.07) is 9.92. The van der Waals surface area contributed by atoms with E-state index < -0.39 is 5.60 Å². The lowest BCUT2D eigenvalue weighted by atomic mass is 9.97. The fourth-order valence-corrected chi connectivity index (χ4v) is 5.11. The van der Waals surface area contributed by atoms with Crippen LogP contribution < -0.4 is 14.3 Å². The van der Waals surface area contributed by atoms with Crippen LogP contribution in [-0.2, 0) is 11.2 Å². The molecule has 8 heteroatoms. The zero-order chi connectivity index (χ0) is 27.1. The van der Waals surface area contributed by atoms with Crippen molar-refractivity contribution in [3.63, 3.8) is 0 Å². The van der Waals surface area contributed by atoms with Crippen LogP contribution in [0.4, 0.5) is 4.79 Å². The highest BCUT2D eigenvalue weighted by molar-refractivity contribution is 5.68. The average Bonchev–Trinajstić information content (AvgIpc) is 2.88. The number of unbranched alkanes of at least 4 members (excludes halogenated alkanes) is 1. The van der Waals surface area contributed by atoms with E-state index in [1.807, 2.05) is 51.1 Å². The average molecular weight is 526 g/mol. The van der Waals surface area contributed by atoms with Gasteiger partial charge in [0.2, 0.25) is 5.69 Å². The Morgan fingerprint density at radius 3 is 2.32 bits per heavy atom. The van der Waals surface area contributed by atoms with E-state index >= 15 is 0 Å². The second-order valence-electron chi connectivity index (χ2n) is 11.5. The Morgan fingerprint density at radius 1 is 1.03 bits per heavy atom. The maximum absolute atomic E-state index is 13.0. The van der Waals surface area contributed by atoms with Gasteiger partial charge in [0.1, 0.15) is 17.5 Å². The Morgan fingerprint density at radius 2 is 1.68 bits per heavy atom. The summed E-state index contributed by atoms with van der Waals surface area (Å²) < 4.78 is 17.9. The van der Waals surface area contributed by atoms with Crippen LogP contribution in [0.2, 0.25) is 0 Å². The molecule has 8 nitrogen and oxygen atoms in total. The molecule has 1 saturated heterocycles. The van der Waals surface area contributed by atoms with Crippen LogP contribution in [0.5, 0.6) is 11.6 Å². The third kappa shape index (κ3) is 7.74. The highest BCUT2D eigenvalue weighted by atomic mass is 16.6. The summed E-state index contributed by atoms with van der Waals surface area (Å²) in [7, 11) is 0. The maximum Gasteiger partial charge on any atom is 0.410 e. The first-order valence-electron chi connectivity index (χ1n) is 14.3. The molecule has 0 bridgehead atoms. The normalized spacial score (nSPS) is 17.3. The zero-order valence-electron chi connectivity index (χ0n) is 23.4. The third-order valence-electron chi connectivity index (χ3n) is 7.17. The number of carbonyl (C=O) groups is 1. The smallest absolute Gasteiger partial charge is 0.410 e. The summed E-state index contributed by atoms with van der Waals surface area (Å²) in [5.41, 5.74) is 1.92. The Labute approximate surface area is 226 Å². The number of hydrogen-bond donors (Lipinski definition) is 0. The van der Waals surface area contributed by atoms with Gasteiger partial charge in [-0.1, -0.05) is 36.7 Å². The predicted molar refractivity (Wildman–Crippen MR) is 146 cm³/mol. The van der Waals surface area contributed by atoms with Crippen LogP contribution in [0.15, 0.2) is 30.3 Å². The van der Waals surface area contributed by atoms with Crippen molar-refractivity contribution >= 4 is 6.09 Å². The first kappa shape index (κ1) is 28.0. The molecule has 2 aliphatic rings. The summed E-state index contributed by atoms with van der Waals surface area (Å²) in [5, 5.41) is 17.2. The molecule has 1 saturated carbocycles. The molecule has 1 aliphatic carbocycles. The Hall–Kier alpha value is -3.03. The molecular weight excluding hydrogens is 482 g/mol. The van der Waals surface area contributed by atoms with E-state index in [-0.39, 0.29) is 12.2 Å². The number of rotatable bonds is 8. The van der Waals surface area contributed by atoms with Crippen molar-refractivity contribution in [2.45, 2.75) is 110 Å². The van der Waals surface area contributed by atoms with Crippen molar-refractivity contribution in [3.05, 3.63) is 41.2 Å². The van der Waals surface area contributed by atoms with Crippen LogP contribution in [0.3, 0.4) is 0 Å². The van der Waals surface area contributed by atoms with Crippen LogP contribution in [0.25, 0.3) is 11.1 Å².